The zero-order valence-corrected chi connectivity index (χ0v) is 12.4. The van der Waals surface area contributed by atoms with Crippen LogP contribution in [0.25, 0.3) is 0 Å². The molecule has 1 aliphatic rings. The van der Waals surface area contributed by atoms with Gasteiger partial charge in [0.2, 0.25) is 0 Å². The molecule has 0 atom stereocenters. The normalized spacial score (nSPS) is 18.3. The Labute approximate surface area is 116 Å². The molecule has 0 saturated carbocycles. The minimum atomic E-state index is 0.339. The van der Waals surface area contributed by atoms with Crippen molar-refractivity contribution >= 4 is 5.69 Å². The summed E-state index contributed by atoms with van der Waals surface area (Å²) in [5.74, 6) is 0. The van der Waals surface area contributed by atoms with Crippen LogP contribution < -0.4 is 10.2 Å². The van der Waals surface area contributed by atoms with Crippen molar-refractivity contribution in [3.63, 3.8) is 0 Å². The lowest BCUT2D eigenvalue weighted by Gasteiger charge is -2.40. The number of hydrogen-bond donors (Lipinski definition) is 1. The molecular weight excluding hydrogens is 236 g/mol. The Kier molecular flexibility index (Phi) is 4.83. The van der Waals surface area contributed by atoms with Gasteiger partial charge < -0.3 is 15.0 Å². The Morgan fingerprint density at radius 2 is 2.05 bits per heavy atom. The van der Waals surface area contributed by atoms with Crippen molar-refractivity contribution in [3.8, 4) is 0 Å². The van der Waals surface area contributed by atoms with E-state index in [9.17, 15) is 0 Å². The number of nitrogens with one attached hydrogen (secondary N) is 1. The topological polar surface area (TPSA) is 24.5 Å². The molecule has 0 bridgehead atoms. The summed E-state index contributed by atoms with van der Waals surface area (Å²) in [7, 11) is 4.24. The molecule has 0 spiro atoms. The van der Waals surface area contributed by atoms with E-state index in [-0.39, 0.29) is 0 Å². The van der Waals surface area contributed by atoms with Crippen molar-refractivity contribution in [1.82, 2.24) is 5.32 Å². The molecule has 19 heavy (non-hydrogen) atoms. The lowest BCUT2D eigenvalue weighted by atomic mass is 9.79. The van der Waals surface area contributed by atoms with Crippen molar-refractivity contribution in [2.75, 3.05) is 45.3 Å². The summed E-state index contributed by atoms with van der Waals surface area (Å²) >= 11 is 0. The van der Waals surface area contributed by atoms with Crippen molar-refractivity contribution in [1.29, 1.82) is 0 Å². The van der Waals surface area contributed by atoms with Gasteiger partial charge in [0.05, 0.1) is 0 Å². The number of aryl methyl sites for hydroxylation is 1. The Morgan fingerprint density at radius 1 is 1.32 bits per heavy atom. The summed E-state index contributed by atoms with van der Waals surface area (Å²) in [5, 5.41) is 3.36. The SMILES string of the molecule is CNCC1(CN(C)c2cccc(C)c2)CCOCC1. The molecule has 1 saturated heterocycles. The summed E-state index contributed by atoms with van der Waals surface area (Å²) in [5.41, 5.74) is 2.96. The lowest BCUT2D eigenvalue weighted by molar-refractivity contribution is 0.0197. The highest BCUT2D eigenvalue weighted by Gasteiger charge is 2.33. The second kappa shape index (κ2) is 6.40. The van der Waals surface area contributed by atoms with Crippen LogP contribution in [0.15, 0.2) is 24.3 Å². The predicted molar refractivity (Wildman–Crippen MR) is 80.9 cm³/mol. The smallest absolute Gasteiger partial charge is 0.0472 e. The number of benzene rings is 1. The number of hydrogen-bond acceptors (Lipinski definition) is 3. The molecule has 0 amide bonds. The fourth-order valence-corrected chi connectivity index (χ4v) is 3.03. The van der Waals surface area contributed by atoms with Gasteiger partial charge in [-0.2, -0.15) is 0 Å². The zero-order valence-electron chi connectivity index (χ0n) is 12.4. The highest BCUT2D eigenvalue weighted by molar-refractivity contribution is 5.47. The first-order valence-corrected chi connectivity index (χ1v) is 7.15. The van der Waals surface area contributed by atoms with Crippen LogP contribution in [0.4, 0.5) is 5.69 Å². The van der Waals surface area contributed by atoms with Gasteiger partial charge in [-0.25, -0.2) is 0 Å². The average molecular weight is 262 g/mol. The first kappa shape index (κ1) is 14.4. The van der Waals surface area contributed by atoms with Gasteiger partial charge in [0, 0.05) is 44.5 Å². The van der Waals surface area contributed by atoms with Crippen LogP contribution >= 0.6 is 0 Å². The van der Waals surface area contributed by atoms with E-state index in [1.807, 2.05) is 7.05 Å². The summed E-state index contributed by atoms with van der Waals surface area (Å²) < 4.78 is 5.53. The number of anilines is 1. The standard InChI is InChI=1S/C16H26N2O/c1-14-5-4-6-15(11-14)18(3)13-16(12-17-2)7-9-19-10-8-16/h4-6,11,17H,7-10,12-13H2,1-3H3. The van der Waals surface area contributed by atoms with E-state index in [1.165, 1.54) is 11.3 Å². The maximum atomic E-state index is 5.53. The van der Waals surface area contributed by atoms with E-state index in [0.29, 0.717) is 5.41 Å². The fraction of sp³-hybridized carbons (Fsp3) is 0.625. The van der Waals surface area contributed by atoms with Gasteiger partial charge in [-0.3, -0.25) is 0 Å². The van der Waals surface area contributed by atoms with Crippen molar-refractivity contribution in [3.05, 3.63) is 29.8 Å². The monoisotopic (exact) mass is 262 g/mol. The van der Waals surface area contributed by atoms with E-state index in [1.54, 1.807) is 0 Å². The van der Waals surface area contributed by atoms with Crippen molar-refractivity contribution < 1.29 is 4.74 Å². The quantitative estimate of drug-likeness (QED) is 0.882. The number of nitrogens with zero attached hydrogens (tertiary/aromatic N) is 1. The summed E-state index contributed by atoms with van der Waals surface area (Å²) in [4.78, 5) is 2.38. The van der Waals surface area contributed by atoms with Gasteiger partial charge in [-0.05, 0) is 44.5 Å². The largest absolute Gasteiger partial charge is 0.381 e. The molecule has 1 aromatic rings. The third-order valence-electron chi connectivity index (χ3n) is 4.12. The van der Waals surface area contributed by atoms with Crippen LogP contribution in [0.5, 0.6) is 0 Å². The first-order valence-electron chi connectivity index (χ1n) is 7.15. The molecular formula is C16H26N2O. The van der Waals surface area contributed by atoms with Crippen LogP contribution in [-0.4, -0.2) is 40.4 Å². The Bertz CT molecular complexity index is 394. The maximum absolute atomic E-state index is 5.53. The van der Waals surface area contributed by atoms with Crippen molar-refractivity contribution in [2.24, 2.45) is 5.41 Å². The van der Waals surface area contributed by atoms with Gasteiger partial charge in [0.15, 0.2) is 0 Å². The highest BCUT2D eigenvalue weighted by Crippen LogP contribution is 2.32. The molecule has 1 aliphatic heterocycles. The molecule has 3 nitrogen and oxygen atoms in total. The maximum Gasteiger partial charge on any atom is 0.0472 e. The van der Waals surface area contributed by atoms with Gasteiger partial charge in [0.1, 0.15) is 0 Å². The summed E-state index contributed by atoms with van der Waals surface area (Å²) in [6, 6.07) is 8.73. The molecule has 0 radical (unpaired) electrons. The van der Waals surface area contributed by atoms with E-state index in [4.69, 9.17) is 4.74 Å². The molecule has 0 aliphatic carbocycles. The summed E-state index contributed by atoms with van der Waals surface area (Å²) in [6.07, 6.45) is 2.29. The van der Waals surface area contributed by atoms with Crippen LogP contribution in [-0.2, 0) is 4.74 Å². The molecule has 1 fully saturated rings. The van der Waals surface area contributed by atoms with Gasteiger partial charge in [-0.15, -0.1) is 0 Å². The minimum absolute atomic E-state index is 0.339. The fourth-order valence-electron chi connectivity index (χ4n) is 3.03. The molecule has 0 aromatic heterocycles. The minimum Gasteiger partial charge on any atom is -0.381 e. The Balaban J connectivity index is 2.08. The molecule has 0 unspecified atom stereocenters. The van der Waals surface area contributed by atoms with E-state index in [2.05, 4.69) is 48.5 Å². The third kappa shape index (κ3) is 3.71. The zero-order chi connectivity index (χ0) is 13.7. The third-order valence-corrected chi connectivity index (χ3v) is 4.12. The number of ether oxygens (including phenoxy) is 1. The van der Waals surface area contributed by atoms with E-state index in [0.717, 1.165) is 39.1 Å². The van der Waals surface area contributed by atoms with Gasteiger partial charge in [-0.1, -0.05) is 12.1 Å². The van der Waals surface area contributed by atoms with Crippen molar-refractivity contribution in [2.45, 2.75) is 19.8 Å². The average Bonchev–Trinajstić information content (AvgIpc) is 2.40. The molecule has 1 aromatic carbocycles. The van der Waals surface area contributed by atoms with Crippen LogP contribution in [0.2, 0.25) is 0 Å². The van der Waals surface area contributed by atoms with Gasteiger partial charge >= 0.3 is 0 Å². The lowest BCUT2D eigenvalue weighted by Crippen LogP contribution is -2.46. The molecule has 2 rings (SSSR count). The second-order valence-corrected chi connectivity index (χ2v) is 5.84. The molecule has 1 heterocycles. The molecule has 106 valence electrons. The van der Waals surface area contributed by atoms with E-state index < -0.39 is 0 Å². The predicted octanol–water partition coefficient (Wildman–Crippen LogP) is 2.45. The van der Waals surface area contributed by atoms with Crippen LogP contribution in [0.1, 0.15) is 18.4 Å². The Morgan fingerprint density at radius 3 is 2.68 bits per heavy atom. The van der Waals surface area contributed by atoms with E-state index >= 15 is 0 Å². The second-order valence-electron chi connectivity index (χ2n) is 5.84. The van der Waals surface area contributed by atoms with Crippen LogP contribution in [0, 0.1) is 12.3 Å². The van der Waals surface area contributed by atoms with Gasteiger partial charge in [0.25, 0.3) is 0 Å². The Hall–Kier alpha value is -1.06. The van der Waals surface area contributed by atoms with Crippen LogP contribution in [0.3, 0.4) is 0 Å². The molecule has 1 N–H and O–H groups in total. The first-order chi connectivity index (χ1) is 9.15. The number of rotatable bonds is 5. The summed E-state index contributed by atoms with van der Waals surface area (Å²) in [6.45, 7) is 6.08. The molecule has 3 heteroatoms. The highest BCUT2D eigenvalue weighted by atomic mass is 16.5.